The molecule has 0 aliphatic heterocycles. The summed E-state index contributed by atoms with van der Waals surface area (Å²) in [5.74, 6) is 0. The Bertz CT molecular complexity index is 3950. The van der Waals surface area contributed by atoms with E-state index in [1.807, 2.05) is 12.1 Å². The zero-order valence-electron chi connectivity index (χ0n) is 36.6. The van der Waals surface area contributed by atoms with E-state index in [4.69, 9.17) is 4.42 Å². The van der Waals surface area contributed by atoms with Crippen molar-refractivity contribution in [3.8, 4) is 50.2 Å². The molecule has 0 amide bonds. The van der Waals surface area contributed by atoms with Crippen molar-refractivity contribution in [2.24, 2.45) is 0 Å². The summed E-state index contributed by atoms with van der Waals surface area (Å²) in [5, 5.41) is 7.19. The van der Waals surface area contributed by atoms with Crippen molar-refractivity contribution in [2.75, 3.05) is 4.90 Å². The van der Waals surface area contributed by atoms with E-state index in [-0.39, 0.29) is 0 Å². The minimum Gasteiger partial charge on any atom is -0.455 e. The number of aromatic nitrogens is 1. The van der Waals surface area contributed by atoms with E-state index in [0.717, 1.165) is 83.6 Å². The maximum Gasteiger partial charge on any atom is 0.143 e. The molecule has 0 fully saturated rings. The fourth-order valence-corrected chi connectivity index (χ4v) is 10.3. The van der Waals surface area contributed by atoms with E-state index in [1.165, 1.54) is 38.1 Å². The highest BCUT2D eigenvalue weighted by Crippen LogP contribution is 2.47. The molecular weight excluding hydrogens is 813 g/mol. The van der Waals surface area contributed by atoms with Crippen LogP contribution in [0.15, 0.2) is 259 Å². The van der Waals surface area contributed by atoms with Crippen molar-refractivity contribution in [3.63, 3.8) is 0 Å². The minimum absolute atomic E-state index is 0.897. The molecule has 2 aromatic heterocycles. The quantitative estimate of drug-likeness (QED) is 0.152. The van der Waals surface area contributed by atoms with Crippen LogP contribution < -0.4 is 4.90 Å². The van der Waals surface area contributed by atoms with Gasteiger partial charge in [0.05, 0.1) is 22.4 Å². The minimum atomic E-state index is 0.897. The summed E-state index contributed by atoms with van der Waals surface area (Å²) in [4.78, 5) is 2.42. The van der Waals surface area contributed by atoms with Gasteiger partial charge < -0.3 is 13.9 Å². The first-order valence-electron chi connectivity index (χ1n) is 22.9. The Kier molecular flexibility index (Phi) is 9.17. The Morgan fingerprint density at radius 1 is 0.313 bits per heavy atom. The summed E-state index contributed by atoms with van der Waals surface area (Å²) in [5.41, 5.74) is 17.6. The van der Waals surface area contributed by atoms with Crippen LogP contribution in [-0.2, 0) is 0 Å². The molecule has 0 aliphatic carbocycles. The van der Waals surface area contributed by atoms with Crippen LogP contribution in [0.2, 0.25) is 0 Å². The van der Waals surface area contributed by atoms with E-state index in [0.29, 0.717) is 0 Å². The summed E-state index contributed by atoms with van der Waals surface area (Å²) in [6.07, 6.45) is 0. The first-order valence-corrected chi connectivity index (χ1v) is 22.9. The second-order valence-electron chi connectivity index (χ2n) is 17.2. The predicted molar refractivity (Wildman–Crippen MR) is 282 cm³/mol. The Hall–Kier alpha value is -8.92. The normalized spacial score (nSPS) is 11.6. The lowest BCUT2D eigenvalue weighted by molar-refractivity contribution is 0.670. The van der Waals surface area contributed by atoms with E-state index in [9.17, 15) is 0 Å². The van der Waals surface area contributed by atoms with Crippen LogP contribution in [0, 0.1) is 0 Å². The summed E-state index contributed by atoms with van der Waals surface area (Å²) in [6, 6.07) is 92.0. The number of rotatable bonds is 8. The molecule has 67 heavy (non-hydrogen) atoms. The highest BCUT2D eigenvalue weighted by atomic mass is 16.3. The topological polar surface area (TPSA) is 21.3 Å². The summed E-state index contributed by atoms with van der Waals surface area (Å²) < 4.78 is 8.94. The molecule has 0 unspecified atom stereocenters. The summed E-state index contributed by atoms with van der Waals surface area (Å²) in [7, 11) is 0. The van der Waals surface area contributed by atoms with Gasteiger partial charge in [0.2, 0.25) is 0 Å². The van der Waals surface area contributed by atoms with Gasteiger partial charge in [0, 0.05) is 49.6 Å². The molecule has 2 heterocycles. The zero-order chi connectivity index (χ0) is 44.3. The van der Waals surface area contributed by atoms with Gasteiger partial charge in [0.15, 0.2) is 0 Å². The van der Waals surface area contributed by atoms with E-state index < -0.39 is 0 Å². The molecule has 13 rings (SSSR count). The lowest BCUT2D eigenvalue weighted by atomic mass is 9.92. The Morgan fingerprint density at radius 2 is 0.866 bits per heavy atom. The Morgan fingerprint density at radius 3 is 1.66 bits per heavy atom. The van der Waals surface area contributed by atoms with Crippen molar-refractivity contribution in [1.29, 1.82) is 0 Å². The molecule has 0 atom stereocenters. The van der Waals surface area contributed by atoms with Gasteiger partial charge in [-0.05, 0) is 99.3 Å². The third-order valence-electron chi connectivity index (χ3n) is 13.4. The zero-order valence-corrected chi connectivity index (χ0v) is 36.6. The second kappa shape index (κ2) is 16.0. The molecule has 3 nitrogen and oxygen atoms in total. The molecular formula is C64H42N2O. The molecule has 0 radical (unpaired) electrons. The number of fused-ring (bicyclic) bond motifs is 7. The van der Waals surface area contributed by atoms with Crippen LogP contribution in [0.25, 0.3) is 105 Å². The average molecular weight is 855 g/mol. The molecule has 3 heteroatoms. The van der Waals surface area contributed by atoms with E-state index in [2.05, 4.69) is 252 Å². The number of furan rings is 1. The van der Waals surface area contributed by atoms with Crippen LogP contribution >= 0.6 is 0 Å². The highest BCUT2D eigenvalue weighted by molar-refractivity contribution is 6.11. The van der Waals surface area contributed by atoms with Crippen molar-refractivity contribution in [1.82, 2.24) is 4.57 Å². The maximum atomic E-state index is 6.51. The predicted octanol–water partition coefficient (Wildman–Crippen LogP) is 18.0. The number of hydrogen-bond acceptors (Lipinski definition) is 2. The van der Waals surface area contributed by atoms with Gasteiger partial charge in [-0.3, -0.25) is 0 Å². The average Bonchev–Trinajstić information content (AvgIpc) is 3.95. The summed E-state index contributed by atoms with van der Waals surface area (Å²) in [6.45, 7) is 0. The van der Waals surface area contributed by atoms with Gasteiger partial charge in [0.25, 0.3) is 0 Å². The fourth-order valence-electron chi connectivity index (χ4n) is 10.3. The van der Waals surface area contributed by atoms with Crippen molar-refractivity contribution < 1.29 is 4.42 Å². The molecule has 0 N–H and O–H groups in total. The first kappa shape index (κ1) is 38.5. The van der Waals surface area contributed by atoms with Gasteiger partial charge in [0.1, 0.15) is 11.2 Å². The lowest BCUT2D eigenvalue weighted by Crippen LogP contribution is -2.11. The second-order valence-corrected chi connectivity index (χ2v) is 17.2. The number of anilines is 3. The van der Waals surface area contributed by atoms with Gasteiger partial charge in [-0.15, -0.1) is 0 Å². The summed E-state index contributed by atoms with van der Waals surface area (Å²) >= 11 is 0. The van der Waals surface area contributed by atoms with Gasteiger partial charge in [-0.1, -0.05) is 194 Å². The fraction of sp³-hybridized carbons (Fsp3) is 0. The molecule has 0 saturated heterocycles. The molecule has 0 aliphatic rings. The molecule has 314 valence electrons. The first-order chi connectivity index (χ1) is 33.2. The van der Waals surface area contributed by atoms with Crippen LogP contribution in [0.4, 0.5) is 17.1 Å². The lowest BCUT2D eigenvalue weighted by Gasteiger charge is -2.29. The van der Waals surface area contributed by atoms with Crippen LogP contribution in [-0.4, -0.2) is 4.57 Å². The molecule has 0 bridgehead atoms. The van der Waals surface area contributed by atoms with Crippen molar-refractivity contribution in [3.05, 3.63) is 255 Å². The van der Waals surface area contributed by atoms with Gasteiger partial charge >= 0.3 is 0 Å². The van der Waals surface area contributed by atoms with Crippen LogP contribution in [0.5, 0.6) is 0 Å². The van der Waals surface area contributed by atoms with Crippen molar-refractivity contribution in [2.45, 2.75) is 0 Å². The molecule has 13 aromatic rings. The largest absolute Gasteiger partial charge is 0.455 e. The van der Waals surface area contributed by atoms with Gasteiger partial charge in [-0.2, -0.15) is 0 Å². The molecule has 0 spiro atoms. The SMILES string of the molecule is c1cc(-c2ccc3ccccc3c2)cc(N(c2ccc(-c3cccc4c3oc3ccccc34)cc2)c2ccccc2-c2ccccc2-c2ccccc2-n2c3ccccc3c3ccccc32)c1. The van der Waals surface area contributed by atoms with E-state index >= 15 is 0 Å². The number of nitrogens with zero attached hydrogens (tertiary/aromatic N) is 2. The van der Waals surface area contributed by atoms with E-state index in [1.54, 1.807) is 0 Å². The van der Waals surface area contributed by atoms with Gasteiger partial charge in [-0.25, -0.2) is 0 Å². The highest BCUT2D eigenvalue weighted by Gasteiger charge is 2.22. The Labute approximate surface area is 388 Å². The third kappa shape index (κ3) is 6.51. The van der Waals surface area contributed by atoms with Crippen LogP contribution in [0.3, 0.4) is 0 Å². The van der Waals surface area contributed by atoms with Crippen LogP contribution in [0.1, 0.15) is 0 Å². The number of hydrogen-bond donors (Lipinski definition) is 0. The third-order valence-corrected chi connectivity index (χ3v) is 13.4. The standard InChI is InChI=1S/C64H42N2O/c1-2-18-45-41-47(36-35-43(45)17-1)46-19-15-20-49(42-46)65(48-39-37-44(38-40-48)50-28-16-29-58-57-27-9-14-34-63(57)67-64(50)58)59-30-10-5-23-53(59)51-21-3-4-22-52(51)54-24-6-11-31-60(54)66-61-32-12-7-25-55(61)56-26-8-13-33-62(56)66/h1-42H. The Balaban J connectivity index is 0.990. The van der Waals surface area contributed by atoms with Crippen molar-refractivity contribution >= 4 is 71.6 Å². The molecule has 0 saturated carbocycles. The smallest absolute Gasteiger partial charge is 0.143 e. The molecule has 11 aromatic carbocycles. The monoisotopic (exact) mass is 854 g/mol. The number of para-hydroxylation sites is 6. The maximum absolute atomic E-state index is 6.51. The number of benzene rings is 11.